The summed E-state index contributed by atoms with van der Waals surface area (Å²) in [5.41, 5.74) is 2.13. The van der Waals surface area contributed by atoms with Gasteiger partial charge < -0.3 is 15.0 Å². The molecule has 6 nitrogen and oxygen atoms in total. The van der Waals surface area contributed by atoms with Gasteiger partial charge in [0.2, 0.25) is 0 Å². The molecule has 1 N–H and O–H groups in total. The monoisotopic (exact) mass is 454 g/mol. The number of esters is 1. The van der Waals surface area contributed by atoms with E-state index in [0.29, 0.717) is 30.6 Å². The minimum Gasteiger partial charge on any atom is -0.452 e. The van der Waals surface area contributed by atoms with E-state index < -0.39 is 29.7 Å². The number of likely N-dealkylation sites (tertiary alicyclic amines) is 1. The van der Waals surface area contributed by atoms with Crippen LogP contribution in [-0.2, 0) is 14.3 Å². The summed E-state index contributed by atoms with van der Waals surface area (Å²) in [5, 5.41) is 2.88. The molecule has 1 aliphatic heterocycles. The van der Waals surface area contributed by atoms with E-state index in [2.05, 4.69) is 19.2 Å². The highest BCUT2D eigenvalue weighted by Crippen LogP contribution is 2.27. The van der Waals surface area contributed by atoms with Crippen molar-refractivity contribution in [1.29, 1.82) is 0 Å². The van der Waals surface area contributed by atoms with Gasteiger partial charge in [-0.05, 0) is 68.0 Å². The van der Waals surface area contributed by atoms with Crippen LogP contribution in [0, 0.1) is 11.7 Å². The van der Waals surface area contributed by atoms with Gasteiger partial charge in [0.05, 0.1) is 5.92 Å². The third-order valence-electron chi connectivity index (χ3n) is 6.16. The lowest BCUT2D eigenvalue weighted by atomic mass is 9.96. The summed E-state index contributed by atoms with van der Waals surface area (Å²) in [6.07, 6.45) is 1.20. The van der Waals surface area contributed by atoms with Gasteiger partial charge >= 0.3 is 5.97 Å². The highest BCUT2D eigenvalue weighted by molar-refractivity contribution is 5.96. The number of hydrogen-bond donors (Lipinski definition) is 1. The van der Waals surface area contributed by atoms with Gasteiger partial charge in [0, 0.05) is 24.3 Å². The first-order valence-electron chi connectivity index (χ1n) is 11.4. The number of carbonyl (C=O) groups excluding carboxylic acids is 3. The first-order valence-corrected chi connectivity index (χ1v) is 11.4. The van der Waals surface area contributed by atoms with E-state index in [4.69, 9.17) is 4.74 Å². The molecule has 3 rings (SSSR count). The van der Waals surface area contributed by atoms with Gasteiger partial charge in [-0.2, -0.15) is 0 Å². The van der Waals surface area contributed by atoms with E-state index in [0.717, 1.165) is 12.0 Å². The number of para-hydroxylation sites is 1. The Bertz CT molecular complexity index is 992. The Morgan fingerprint density at radius 3 is 2.52 bits per heavy atom. The quantitative estimate of drug-likeness (QED) is 0.612. The molecule has 2 aromatic carbocycles. The number of nitrogens with one attached hydrogen (secondary N) is 1. The van der Waals surface area contributed by atoms with Crippen LogP contribution in [-0.4, -0.2) is 41.9 Å². The largest absolute Gasteiger partial charge is 0.452 e. The Kier molecular flexibility index (Phi) is 8.20. The van der Waals surface area contributed by atoms with Gasteiger partial charge in [0.25, 0.3) is 11.8 Å². The molecule has 33 heavy (non-hydrogen) atoms. The Morgan fingerprint density at radius 1 is 1.12 bits per heavy atom. The molecular weight excluding hydrogens is 423 g/mol. The second-order valence-corrected chi connectivity index (χ2v) is 8.56. The smallest absolute Gasteiger partial charge is 0.311 e. The Hall–Kier alpha value is -3.22. The molecule has 176 valence electrons. The molecule has 0 bridgehead atoms. The zero-order chi connectivity index (χ0) is 24.0. The zero-order valence-corrected chi connectivity index (χ0v) is 19.3. The van der Waals surface area contributed by atoms with Crippen molar-refractivity contribution in [2.75, 3.05) is 18.4 Å². The minimum atomic E-state index is -0.967. The molecule has 2 amide bonds. The molecule has 3 unspecified atom stereocenters. The highest BCUT2D eigenvalue weighted by atomic mass is 19.1. The van der Waals surface area contributed by atoms with Gasteiger partial charge in [0.1, 0.15) is 5.82 Å². The predicted molar refractivity (Wildman–Crippen MR) is 124 cm³/mol. The van der Waals surface area contributed by atoms with Crippen LogP contribution in [0.15, 0.2) is 48.5 Å². The lowest BCUT2D eigenvalue weighted by Gasteiger charge is -2.32. The van der Waals surface area contributed by atoms with Crippen LogP contribution in [0.5, 0.6) is 0 Å². The van der Waals surface area contributed by atoms with Crippen molar-refractivity contribution >= 4 is 23.5 Å². The fourth-order valence-electron chi connectivity index (χ4n) is 3.95. The number of amides is 2. The first kappa shape index (κ1) is 24.4. The Morgan fingerprint density at radius 2 is 1.82 bits per heavy atom. The second-order valence-electron chi connectivity index (χ2n) is 8.56. The average molecular weight is 455 g/mol. The average Bonchev–Trinajstić information content (AvgIpc) is 2.83. The van der Waals surface area contributed by atoms with E-state index in [1.165, 1.54) is 24.3 Å². The fourth-order valence-corrected chi connectivity index (χ4v) is 3.95. The molecule has 3 atom stereocenters. The number of nitrogens with zero attached hydrogens (tertiary/aromatic N) is 1. The van der Waals surface area contributed by atoms with Crippen molar-refractivity contribution in [1.82, 2.24) is 4.90 Å². The number of benzene rings is 2. The van der Waals surface area contributed by atoms with Crippen molar-refractivity contribution in [2.24, 2.45) is 5.92 Å². The van der Waals surface area contributed by atoms with E-state index in [-0.39, 0.29) is 18.4 Å². The summed E-state index contributed by atoms with van der Waals surface area (Å²) in [6, 6.07) is 13.0. The molecule has 2 aromatic rings. The third kappa shape index (κ3) is 6.18. The number of ether oxygens (including phenoxy) is 1. The van der Waals surface area contributed by atoms with Crippen LogP contribution in [0.3, 0.4) is 0 Å². The van der Waals surface area contributed by atoms with Crippen molar-refractivity contribution in [3.63, 3.8) is 0 Å². The van der Waals surface area contributed by atoms with Gasteiger partial charge in [0.15, 0.2) is 6.10 Å². The summed E-state index contributed by atoms with van der Waals surface area (Å²) in [4.78, 5) is 39.7. The molecule has 1 aliphatic rings. The van der Waals surface area contributed by atoms with Gasteiger partial charge in [-0.1, -0.05) is 32.0 Å². The standard InChI is InChI=1S/C26H31FN2O4/c1-4-17(2)22-9-5-6-10-23(22)28-24(30)18(3)33-26(32)20-8-7-15-29(16-20)25(31)19-11-13-21(27)14-12-19/h5-6,9-14,17-18,20H,4,7-8,15-16H2,1-3H3,(H,28,30). The summed E-state index contributed by atoms with van der Waals surface area (Å²) in [6.45, 7) is 6.45. The topological polar surface area (TPSA) is 75.7 Å². The fraction of sp³-hybridized carbons (Fsp3) is 0.423. The van der Waals surface area contributed by atoms with Crippen molar-refractivity contribution in [3.05, 3.63) is 65.5 Å². The van der Waals surface area contributed by atoms with E-state index in [1.54, 1.807) is 11.8 Å². The summed E-state index contributed by atoms with van der Waals surface area (Å²) in [5.74, 6) is -1.78. The van der Waals surface area contributed by atoms with E-state index >= 15 is 0 Å². The third-order valence-corrected chi connectivity index (χ3v) is 6.16. The van der Waals surface area contributed by atoms with Crippen LogP contribution in [0.25, 0.3) is 0 Å². The molecule has 1 heterocycles. The molecule has 0 aromatic heterocycles. The van der Waals surface area contributed by atoms with Crippen LogP contribution < -0.4 is 5.32 Å². The summed E-state index contributed by atoms with van der Waals surface area (Å²) in [7, 11) is 0. The normalized spacial score (nSPS) is 17.7. The van der Waals surface area contributed by atoms with E-state index in [1.807, 2.05) is 24.3 Å². The summed E-state index contributed by atoms with van der Waals surface area (Å²) >= 11 is 0. The number of hydrogen-bond acceptors (Lipinski definition) is 4. The maximum atomic E-state index is 13.1. The molecule has 0 radical (unpaired) electrons. The summed E-state index contributed by atoms with van der Waals surface area (Å²) < 4.78 is 18.6. The molecule has 7 heteroatoms. The zero-order valence-electron chi connectivity index (χ0n) is 19.3. The van der Waals surface area contributed by atoms with Crippen molar-refractivity contribution < 1.29 is 23.5 Å². The number of carbonyl (C=O) groups is 3. The molecule has 0 aliphatic carbocycles. The van der Waals surface area contributed by atoms with Gasteiger partial charge in [-0.15, -0.1) is 0 Å². The SMILES string of the molecule is CCC(C)c1ccccc1NC(=O)C(C)OC(=O)C1CCCN(C(=O)c2ccc(F)cc2)C1. The van der Waals surface area contributed by atoms with Crippen LogP contribution in [0.2, 0.25) is 0 Å². The van der Waals surface area contributed by atoms with Crippen molar-refractivity contribution in [3.8, 4) is 0 Å². The van der Waals surface area contributed by atoms with Crippen molar-refractivity contribution in [2.45, 2.75) is 52.1 Å². The number of anilines is 1. The molecule has 1 saturated heterocycles. The first-order chi connectivity index (χ1) is 15.8. The minimum absolute atomic E-state index is 0.209. The van der Waals surface area contributed by atoms with Gasteiger partial charge in [-0.25, -0.2) is 4.39 Å². The maximum absolute atomic E-state index is 13.1. The second kappa shape index (κ2) is 11.1. The lowest BCUT2D eigenvalue weighted by Crippen LogP contribution is -2.44. The molecule has 0 spiro atoms. The number of halogens is 1. The maximum Gasteiger partial charge on any atom is 0.311 e. The predicted octanol–water partition coefficient (Wildman–Crippen LogP) is 4.76. The Balaban J connectivity index is 1.58. The molecule has 1 fully saturated rings. The van der Waals surface area contributed by atoms with Crippen LogP contribution in [0.4, 0.5) is 10.1 Å². The molecular formula is C26H31FN2O4. The van der Waals surface area contributed by atoms with Crippen LogP contribution >= 0.6 is 0 Å². The molecule has 0 saturated carbocycles. The van der Waals surface area contributed by atoms with Gasteiger partial charge in [-0.3, -0.25) is 14.4 Å². The lowest BCUT2D eigenvalue weighted by molar-refractivity contribution is -0.158. The Labute approximate surface area is 194 Å². The van der Waals surface area contributed by atoms with Crippen LogP contribution in [0.1, 0.15) is 61.9 Å². The number of piperidine rings is 1. The van der Waals surface area contributed by atoms with E-state index in [9.17, 15) is 18.8 Å². The highest BCUT2D eigenvalue weighted by Gasteiger charge is 2.32. The number of rotatable bonds is 7.